The maximum absolute atomic E-state index is 14.5. The molecule has 0 bridgehead atoms. The molecule has 0 aliphatic heterocycles. The molecule has 0 unspecified atom stereocenters. The quantitative estimate of drug-likeness (QED) is 0.214. The second-order valence-corrected chi connectivity index (χ2v) is 10.6. The summed E-state index contributed by atoms with van der Waals surface area (Å²) in [4.78, 5) is 26.5. The molecule has 0 saturated carbocycles. The molecule has 8 nitrogen and oxygen atoms in total. The standard InChI is InChI=1S/C31H26F5N3O5/c1-5-43-26-9-7-17(12-24(26)39(29(41)42)30(2,3)4)25-10-11-27(44-25)23-14-21(31(34,35)36)20(15-37)28(40)38(23)16-18-6-8-19(32)13-22(18)33/h6-14H,5,16H2,1-4H3,(H,41,42). The highest BCUT2D eigenvalue weighted by Crippen LogP contribution is 2.39. The lowest BCUT2D eigenvalue weighted by molar-refractivity contribution is -0.137. The Kier molecular flexibility index (Phi) is 8.58. The van der Waals surface area contributed by atoms with Crippen LogP contribution >= 0.6 is 0 Å². The first-order valence-electron chi connectivity index (χ1n) is 13.2. The maximum Gasteiger partial charge on any atom is 0.417 e. The lowest BCUT2D eigenvalue weighted by atomic mass is 10.0. The van der Waals surface area contributed by atoms with E-state index in [0.717, 1.165) is 21.6 Å². The first-order chi connectivity index (χ1) is 20.6. The van der Waals surface area contributed by atoms with Crippen LogP contribution in [0.4, 0.5) is 32.4 Å². The highest BCUT2D eigenvalue weighted by molar-refractivity contribution is 5.91. The number of nitrogens with zero attached hydrogens (tertiary/aromatic N) is 3. The van der Waals surface area contributed by atoms with Gasteiger partial charge in [0.2, 0.25) is 0 Å². The third-order valence-electron chi connectivity index (χ3n) is 6.57. The van der Waals surface area contributed by atoms with Crippen molar-refractivity contribution in [3.63, 3.8) is 0 Å². The summed E-state index contributed by atoms with van der Waals surface area (Å²) in [5.41, 5.74) is -5.11. The number of hydrogen-bond acceptors (Lipinski definition) is 5. The van der Waals surface area contributed by atoms with Crippen LogP contribution in [-0.2, 0) is 12.7 Å². The van der Waals surface area contributed by atoms with Crippen molar-refractivity contribution in [2.45, 2.75) is 46.0 Å². The van der Waals surface area contributed by atoms with Gasteiger partial charge in [-0.15, -0.1) is 0 Å². The predicted octanol–water partition coefficient (Wildman–Crippen LogP) is 7.67. The molecule has 13 heteroatoms. The van der Waals surface area contributed by atoms with Crippen LogP contribution in [0.5, 0.6) is 5.75 Å². The van der Waals surface area contributed by atoms with E-state index in [1.807, 2.05) is 0 Å². The van der Waals surface area contributed by atoms with Crippen molar-refractivity contribution in [3.8, 4) is 34.6 Å². The maximum atomic E-state index is 14.5. The van der Waals surface area contributed by atoms with Crippen LogP contribution in [0.3, 0.4) is 0 Å². The Balaban J connectivity index is 1.92. The van der Waals surface area contributed by atoms with E-state index in [9.17, 15) is 41.9 Å². The number of rotatable bonds is 7. The van der Waals surface area contributed by atoms with Gasteiger partial charge in [0.1, 0.15) is 34.8 Å². The second-order valence-electron chi connectivity index (χ2n) is 10.6. The SMILES string of the molecule is CCOc1ccc(-c2ccc(-c3cc(C(F)(F)F)c(C#N)c(=O)n3Cc3ccc(F)cc3F)o2)cc1N(C(=O)O)C(C)(C)C. The number of nitriles is 1. The Hall–Kier alpha value is -5.12. The van der Waals surface area contributed by atoms with Gasteiger partial charge < -0.3 is 14.3 Å². The molecule has 0 aliphatic carbocycles. The average Bonchev–Trinajstić information content (AvgIpc) is 3.40. The highest BCUT2D eigenvalue weighted by atomic mass is 19.4. The van der Waals surface area contributed by atoms with Gasteiger partial charge in [0.25, 0.3) is 5.56 Å². The van der Waals surface area contributed by atoms with Gasteiger partial charge in [-0.1, -0.05) is 6.07 Å². The Morgan fingerprint density at radius 2 is 1.73 bits per heavy atom. The summed E-state index contributed by atoms with van der Waals surface area (Å²) in [5.74, 6) is -1.84. The summed E-state index contributed by atoms with van der Waals surface area (Å²) < 4.78 is 82.1. The van der Waals surface area contributed by atoms with Crippen LogP contribution in [0.25, 0.3) is 22.8 Å². The van der Waals surface area contributed by atoms with Gasteiger partial charge in [-0.3, -0.25) is 14.3 Å². The molecular formula is C31H26F5N3O5. The molecule has 0 fully saturated rings. The predicted molar refractivity (Wildman–Crippen MR) is 150 cm³/mol. The smallest absolute Gasteiger partial charge is 0.417 e. The Labute approximate surface area is 248 Å². The number of carbonyl (C=O) groups is 1. The molecule has 0 saturated heterocycles. The summed E-state index contributed by atoms with van der Waals surface area (Å²) in [6, 6.07) is 11.6. The largest absolute Gasteiger partial charge is 0.492 e. The summed E-state index contributed by atoms with van der Waals surface area (Å²) in [6.45, 7) is 6.36. The summed E-state index contributed by atoms with van der Waals surface area (Å²) in [7, 11) is 0. The summed E-state index contributed by atoms with van der Waals surface area (Å²) in [6.07, 6.45) is -6.35. The minimum absolute atomic E-state index is 0.0911. The van der Waals surface area contributed by atoms with Gasteiger partial charge in [0.05, 0.1) is 30.1 Å². The Morgan fingerprint density at radius 1 is 1.05 bits per heavy atom. The van der Waals surface area contributed by atoms with E-state index in [0.29, 0.717) is 17.7 Å². The van der Waals surface area contributed by atoms with Crippen molar-refractivity contribution >= 4 is 11.8 Å². The normalized spacial score (nSPS) is 11.7. The third-order valence-corrected chi connectivity index (χ3v) is 6.57. The van der Waals surface area contributed by atoms with E-state index in [4.69, 9.17) is 9.15 Å². The van der Waals surface area contributed by atoms with E-state index in [1.165, 1.54) is 30.3 Å². The fourth-order valence-corrected chi connectivity index (χ4v) is 4.66. The molecule has 0 atom stereocenters. The van der Waals surface area contributed by atoms with E-state index < -0.39 is 58.4 Å². The van der Waals surface area contributed by atoms with Crippen molar-refractivity contribution in [1.29, 1.82) is 5.26 Å². The summed E-state index contributed by atoms with van der Waals surface area (Å²) >= 11 is 0. The van der Waals surface area contributed by atoms with E-state index in [-0.39, 0.29) is 35.1 Å². The molecule has 0 aliphatic rings. The molecular weight excluding hydrogens is 589 g/mol. The number of halogens is 5. The van der Waals surface area contributed by atoms with E-state index in [1.54, 1.807) is 33.8 Å². The van der Waals surface area contributed by atoms with Crippen LogP contribution in [0.2, 0.25) is 0 Å². The van der Waals surface area contributed by atoms with Crippen LogP contribution in [0.15, 0.2) is 63.8 Å². The molecule has 0 radical (unpaired) electrons. The minimum atomic E-state index is -5.09. The molecule has 4 rings (SSSR count). The zero-order chi connectivity index (χ0) is 32.6. The zero-order valence-electron chi connectivity index (χ0n) is 23.9. The fourth-order valence-electron chi connectivity index (χ4n) is 4.66. The molecule has 2 heterocycles. The summed E-state index contributed by atoms with van der Waals surface area (Å²) in [5, 5.41) is 19.4. The first-order valence-corrected chi connectivity index (χ1v) is 13.2. The van der Waals surface area contributed by atoms with Crippen molar-refractivity contribution in [2.24, 2.45) is 0 Å². The molecule has 2 aromatic carbocycles. The van der Waals surface area contributed by atoms with Gasteiger partial charge in [-0.2, -0.15) is 18.4 Å². The number of amides is 1. The molecule has 1 amide bonds. The van der Waals surface area contributed by atoms with Gasteiger partial charge in [0, 0.05) is 22.7 Å². The van der Waals surface area contributed by atoms with Gasteiger partial charge in [0.15, 0.2) is 5.76 Å². The first kappa shape index (κ1) is 31.8. The molecule has 0 spiro atoms. The van der Waals surface area contributed by atoms with Crippen molar-refractivity contribution in [1.82, 2.24) is 4.57 Å². The highest BCUT2D eigenvalue weighted by Gasteiger charge is 2.37. The number of ether oxygens (including phenoxy) is 1. The number of anilines is 1. The molecule has 2 aromatic heterocycles. The minimum Gasteiger partial charge on any atom is -0.492 e. The number of furan rings is 1. The molecule has 230 valence electrons. The number of benzene rings is 2. The Bertz CT molecular complexity index is 1830. The van der Waals surface area contributed by atoms with Crippen molar-refractivity contribution in [3.05, 3.63) is 93.3 Å². The number of aromatic nitrogens is 1. The molecule has 4 aromatic rings. The number of hydrogen-bond donors (Lipinski definition) is 1. The molecule has 44 heavy (non-hydrogen) atoms. The van der Waals surface area contributed by atoms with Gasteiger partial charge in [-0.05, 0) is 70.2 Å². The lowest BCUT2D eigenvalue weighted by Crippen LogP contribution is -2.45. The zero-order valence-corrected chi connectivity index (χ0v) is 23.9. The topological polar surface area (TPSA) is 109 Å². The van der Waals surface area contributed by atoms with E-state index >= 15 is 0 Å². The van der Waals surface area contributed by atoms with Crippen molar-refractivity contribution < 1.29 is 41.0 Å². The van der Waals surface area contributed by atoms with Crippen LogP contribution in [-0.4, -0.2) is 27.9 Å². The van der Waals surface area contributed by atoms with Crippen molar-refractivity contribution in [2.75, 3.05) is 11.5 Å². The van der Waals surface area contributed by atoms with Crippen LogP contribution < -0.4 is 15.2 Å². The molecule has 1 N–H and O–H groups in total. The van der Waals surface area contributed by atoms with Crippen LogP contribution in [0, 0.1) is 23.0 Å². The fraction of sp³-hybridized carbons (Fsp3) is 0.258. The number of pyridine rings is 1. The van der Waals surface area contributed by atoms with Crippen LogP contribution in [0.1, 0.15) is 44.4 Å². The average molecular weight is 616 g/mol. The number of carboxylic acid groups (broad SMARTS) is 1. The Morgan fingerprint density at radius 3 is 2.30 bits per heavy atom. The second kappa shape index (κ2) is 11.9. The van der Waals surface area contributed by atoms with E-state index in [2.05, 4.69) is 0 Å². The monoisotopic (exact) mass is 615 g/mol. The third kappa shape index (κ3) is 6.29. The number of alkyl halides is 3. The van der Waals surface area contributed by atoms with Gasteiger partial charge in [-0.25, -0.2) is 13.6 Å². The van der Waals surface area contributed by atoms with Gasteiger partial charge >= 0.3 is 12.3 Å². The lowest BCUT2D eigenvalue weighted by Gasteiger charge is -2.34.